The van der Waals surface area contributed by atoms with E-state index in [1.54, 1.807) is 12.4 Å². The smallest absolute Gasteiger partial charge is 0.196 e. The van der Waals surface area contributed by atoms with E-state index in [0.29, 0.717) is 13.2 Å². The lowest BCUT2D eigenvalue weighted by Crippen LogP contribution is -2.64. The summed E-state index contributed by atoms with van der Waals surface area (Å²) in [5.74, 6) is 1.67. The predicted molar refractivity (Wildman–Crippen MR) is 97.0 cm³/mol. The van der Waals surface area contributed by atoms with Crippen LogP contribution in [0.5, 0.6) is 0 Å². The number of imidazole rings is 1. The average Bonchev–Trinajstić information content (AvgIpc) is 3.49. The van der Waals surface area contributed by atoms with Crippen LogP contribution in [0.3, 0.4) is 0 Å². The first-order valence-electron chi connectivity index (χ1n) is 9.36. The molecule has 0 spiro atoms. The van der Waals surface area contributed by atoms with E-state index < -0.39 is 0 Å². The summed E-state index contributed by atoms with van der Waals surface area (Å²) in [5.41, 5.74) is 0.890. The molecule has 3 aliphatic rings. The number of hydrogen-bond acceptors (Lipinski definition) is 9. The van der Waals surface area contributed by atoms with Crippen molar-refractivity contribution in [1.82, 2.24) is 45.7 Å². The Morgan fingerprint density at radius 2 is 1.89 bits per heavy atom. The van der Waals surface area contributed by atoms with E-state index in [9.17, 15) is 0 Å². The van der Waals surface area contributed by atoms with E-state index >= 15 is 0 Å². The summed E-state index contributed by atoms with van der Waals surface area (Å²) in [4.78, 5) is 12.8. The molecule has 1 atom stereocenters. The predicted octanol–water partition coefficient (Wildman–Crippen LogP) is -0.822. The molecule has 3 N–H and O–H groups in total. The molecule has 2 saturated heterocycles. The second kappa shape index (κ2) is 7.37. The molecule has 0 amide bonds. The van der Waals surface area contributed by atoms with Crippen LogP contribution in [-0.4, -0.2) is 98.7 Å². The Labute approximate surface area is 156 Å². The molecule has 11 heteroatoms. The number of H-pyrrole nitrogens is 2. The number of nitrogens with one attached hydrogen (secondary N) is 3. The van der Waals surface area contributed by atoms with Crippen LogP contribution in [0.15, 0.2) is 29.6 Å². The van der Waals surface area contributed by atoms with E-state index in [2.05, 4.69) is 45.7 Å². The number of aliphatic imine (C=N–C) groups is 1. The third-order valence-electron chi connectivity index (χ3n) is 4.99. The van der Waals surface area contributed by atoms with Gasteiger partial charge in [-0.05, 0) is 6.07 Å². The van der Waals surface area contributed by atoms with Crippen molar-refractivity contribution in [1.29, 1.82) is 0 Å². The number of aromatic nitrogens is 4. The SMILES string of the molecule is c1cc(C2=NC(c3ncc[nH]3)N(N3CCOCC3)N2N2CCNCC2)[nH]n1. The van der Waals surface area contributed by atoms with Crippen LogP contribution in [0.4, 0.5) is 0 Å². The van der Waals surface area contributed by atoms with Crippen molar-refractivity contribution in [2.45, 2.75) is 6.17 Å². The quantitative estimate of drug-likeness (QED) is 0.640. The van der Waals surface area contributed by atoms with Gasteiger partial charge in [-0.3, -0.25) is 5.10 Å². The van der Waals surface area contributed by atoms with Gasteiger partial charge < -0.3 is 15.0 Å². The zero-order chi connectivity index (χ0) is 18.1. The molecule has 3 aliphatic heterocycles. The highest BCUT2D eigenvalue weighted by Crippen LogP contribution is 2.33. The first kappa shape index (κ1) is 16.8. The fourth-order valence-corrected chi connectivity index (χ4v) is 3.71. The molecule has 27 heavy (non-hydrogen) atoms. The van der Waals surface area contributed by atoms with E-state index in [1.165, 1.54) is 0 Å². The normalized spacial score (nSPS) is 25.9. The Hall–Kier alpha value is -2.31. The van der Waals surface area contributed by atoms with Crippen molar-refractivity contribution < 1.29 is 4.74 Å². The van der Waals surface area contributed by atoms with Crippen molar-refractivity contribution >= 4 is 5.84 Å². The maximum atomic E-state index is 5.58. The monoisotopic (exact) mass is 372 g/mol. The number of amidine groups is 1. The summed E-state index contributed by atoms with van der Waals surface area (Å²) in [7, 11) is 0. The molecule has 0 bridgehead atoms. The largest absolute Gasteiger partial charge is 0.379 e. The Bertz CT molecular complexity index is 748. The van der Waals surface area contributed by atoms with Gasteiger partial charge in [0.25, 0.3) is 0 Å². The van der Waals surface area contributed by atoms with Crippen molar-refractivity contribution in [3.63, 3.8) is 0 Å². The molecule has 0 aliphatic carbocycles. The van der Waals surface area contributed by atoms with Crippen LogP contribution >= 0.6 is 0 Å². The first-order valence-corrected chi connectivity index (χ1v) is 9.36. The highest BCUT2D eigenvalue weighted by atomic mass is 16.5. The Morgan fingerprint density at radius 1 is 1.04 bits per heavy atom. The van der Waals surface area contributed by atoms with Crippen LogP contribution in [0.2, 0.25) is 0 Å². The zero-order valence-corrected chi connectivity index (χ0v) is 15.1. The summed E-state index contributed by atoms with van der Waals surface area (Å²) >= 11 is 0. The minimum absolute atomic E-state index is 0.258. The highest BCUT2D eigenvalue weighted by Gasteiger charge is 2.44. The highest BCUT2D eigenvalue weighted by molar-refractivity contribution is 5.97. The minimum atomic E-state index is -0.258. The Morgan fingerprint density at radius 3 is 2.59 bits per heavy atom. The van der Waals surface area contributed by atoms with E-state index in [0.717, 1.165) is 56.6 Å². The Kier molecular flexibility index (Phi) is 4.59. The van der Waals surface area contributed by atoms with Crippen LogP contribution in [0, 0.1) is 0 Å². The molecule has 0 radical (unpaired) electrons. The van der Waals surface area contributed by atoms with Crippen LogP contribution in [0.1, 0.15) is 17.7 Å². The van der Waals surface area contributed by atoms with E-state index in [-0.39, 0.29) is 6.17 Å². The van der Waals surface area contributed by atoms with Gasteiger partial charge in [-0.15, -0.1) is 5.12 Å². The third kappa shape index (κ3) is 3.13. The molecule has 1 unspecified atom stereocenters. The molecule has 0 saturated carbocycles. The van der Waals surface area contributed by atoms with Gasteiger partial charge in [0.15, 0.2) is 12.0 Å². The summed E-state index contributed by atoms with van der Waals surface area (Å²) in [6, 6.07) is 1.95. The minimum Gasteiger partial charge on any atom is -0.379 e. The molecule has 2 aromatic rings. The number of nitrogens with zero attached hydrogens (tertiary/aromatic N) is 7. The number of rotatable bonds is 4. The summed E-state index contributed by atoms with van der Waals surface area (Å²) < 4.78 is 5.58. The lowest BCUT2D eigenvalue weighted by atomic mass is 10.4. The molecule has 2 aromatic heterocycles. The Balaban J connectivity index is 1.56. The zero-order valence-electron chi connectivity index (χ0n) is 15.1. The average molecular weight is 372 g/mol. The van der Waals surface area contributed by atoms with Crippen LogP contribution in [-0.2, 0) is 4.74 Å². The molecule has 5 rings (SSSR count). The van der Waals surface area contributed by atoms with Crippen molar-refractivity contribution in [2.24, 2.45) is 4.99 Å². The number of hydrazine groups is 3. The topological polar surface area (TPSA) is 104 Å². The number of aromatic amines is 2. The second-order valence-electron chi connectivity index (χ2n) is 6.65. The van der Waals surface area contributed by atoms with Gasteiger partial charge in [-0.2, -0.15) is 10.2 Å². The molecule has 11 nitrogen and oxygen atoms in total. The van der Waals surface area contributed by atoms with Gasteiger partial charge in [-0.1, -0.05) is 0 Å². The van der Waals surface area contributed by atoms with Gasteiger partial charge in [0.1, 0.15) is 11.5 Å². The summed E-state index contributed by atoms with van der Waals surface area (Å²) in [6.45, 7) is 6.71. The van der Waals surface area contributed by atoms with Crippen LogP contribution < -0.4 is 5.32 Å². The summed E-state index contributed by atoms with van der Waals surface area (Å²) in [6.07, 6.45) is 5.11. The first-order chi connectivity index (χ1) is 13.4. The number of piperazine rings is 1. The summed E-state index contributed by atoms with van der Waals surface area (Å²) in [5, 5.41) is 19.7. The molecule has 144 valence electrons. The molecular formula is C16H24N10O. The standard InChI is InChI=1S/C16H24N10O/c1-2-20-22-13(1)15-21-16(14-18-3-4-19-14)26(24-9-11-27-12-10-24)25(15)23-7-5-17-6-8-23/h1-4,16-17H,5-12H2,(H,18,19)(H,20,22). The van der Waals surface area contributed by atoms with Gasteiger partial charge in [0.2, 0.25) is 0 Å². The fourth-order valence-electron chi connectivity index (χ4n) is 3.71. The lowest BCUT2D eigenvalue weighted by molar-refractivity contribution is -0.261. The van der Waals surface area contributed by atoms with Crippen molar-refractivity contribution in [2.75, 3.05) is 52.5 Å². The van der Waals surface area contributed by atoms with Gasteiger partial charge in [-0.25, -0.2) is 20.0 Å². The molecule has 5 heterocycles. The van der Waals surface area contributed by atoms with Gasteiger partial charge in [0, 0.05) is 57.9 Å². The molecule has 0 aromatic carbocycles. The van der Waals surface area contributed by atoms with E-state index in [1.807, 2.05) is 12.3 Å². The molecular weight excluding hydrogens is 348 g/mol. The lowest BCUT2D eigenvalue weighted by Gasteiger charge is -2.47. The number of morpholine rings is 1. The maximum Gasteiger partial charge on any atom is 0.196 e. The van der Waals surface area contributed by atoms with Gasteiger partial charge in [0.05, 0.1) is 13.2 Å². The van der Waals surface area contributed by atoms with Crippen molar-refractivity contribution in [3.05, 3.63) is 36.2 Å². The van der Waals surface area contributed by atoms with Crippen LogP contribution in [0.25, 0.3) is 0 Å². The maximum absolute atomic E-state index is 5.58. The fraction of sp³-hybridized carbons (Fsp3) is 0.562. The van der Waals surface area contributed by atoms with E-state index in [4.69, 9.17) is 9.73 Å². The third-order valence-corrected chi connectivity index (χ3v) is 4.99. The number of hydrogen-bond donors (Lipinski definition) is 3. The second-order valence-corrected chi connectivity index (χ2v) is 6.65. The van der Waals surface area contributed by atoms with Crippen molar-refractivity contribution in [3.8, 4) is 0 Å². The molecule has 2 fully saturated rings. The number of ether oxygens (including phenoxy) is 1. The van der Waals surface area contributed by atoms with Gasteiger partial charge >= 0.3 is 0 Å².